The third-order valence-electron chi connectivity index (χ3n) is 4.45. The standard InChI is InChI=1S/C18H22N6O/c1-13-3-5-14(6-4-13)11-19-16-15-12-20-23(2)17(15)22-18(21-16)24-7-9-25-10-8-24/h3-6,12H,7-11H2,1-2H3,(H,19,21,22). The predicted molar refractivity (Wildman–Crippen MR) is 97.8 cm³/mol. The lowest BCUT2D eigenvalue weighted by Gasteiger charge is -2.27. The van der Waals surface area contributed by atoms with Gasteiger partial charge in [0.1, 0.15) is 5.82 Å². The first-order chi connectivity index (χ1) is 12.2. The van der Waals surface area contributed by atoms with Crippen LogP contribution in [0.4, 0.5) is 11.8 Å². The van der Waals surface area contributed by atoms with E-state index in [4.69, 9.17) is 14.7 Å². The molecule has 0 radical (unpaired) electrons. The van der Waals surface area contributed by atoms with Crippen LogP contribution >= 0.6 is 0 Å². The molecule has 0 saturated carbocycles. The van der Waals surface area contributed by atoms with E-state index in [1.54, 1.807) is 4.68 Å². The quantitative estimate of drug-likeness (QED) is 0.786. The lowest BCUT2D eigenvalue weighted by atomic mass is 10.1. The molecule has 1 saturated heterocycles. The van der Waals surface area contributed by atoms with Crippen molar-refractivity contribution in [1.82, 2.24) is 19.7 Å². The minimum atomic E-state index is 0.707. The van der Waals surface area contributed by atoms with E-state index in [0.29, 0.717) is 19.8 Å². The highest BCUT2D eigenvalue weighted by Gasteiger charge is 2.18. The van der Waals surface area contributed by atoms with E-state index in [1.165, 1.54) is 11.1 Å². The minimum absolute atomic E-state index is 0.707. The third-order valence-corrected chi connectivity index (χ3v) is 4.45. The lowest BCUT2D eigenvalue weighted by molar-refractivity contribution is 0.122. The number of nitrogens with zero attached hydrogens (tertiary/aromatic N) is 5. The first-order valence-corrected chi connectivity index (χ1v) is 8.52. The molecular formula is C18H22N6O. The van der Waals surface area contributed by atoms with Gasteiger partial charge in [0.15, 0.2) is 5.65 Å². The predicted octanol–water partition coefficient (Wildman–Crippen LogP) is 2.12. The molecule has 3 aromatic rings. The molecule has 7 heteroatoms. The number of aromatic nitrogens is 4. The largest absolute Gasteiger partial charge is 0.378 e. The molecule has 0 bridgehead atoms. The van der Waals surface area contributed by atoms with Gasteiger partial charge >= 0.3 is 0 Å². The molecule has 1 aromatic carbocycles. The smallest absolute Gasteiger partial charge is 0.229 e. The van der Waals surface area contributed by atoms with E-state index in [9.17, 15) is 0 Å². The van der Waals surface area contributed by atoms with Crippen molar-refractivity contribution in [3.05, 3.63) is 41.6 Å². The van der Waals surface area contributed by atoms with Crippen LogP contribution in [0, 0.1) is 6.92 Å². The van der Waals surface area contributed by atoms with Gasteiger partial charge < -0.3 is 15.0 Å². The average Bonchev–Trinajstić information content (AvgIpc) is 3.03. The van der Waals surface area contributed by atoms with Crippen molar-refractivity contribution in [3.8, 4) is 0 Å². The second-order valence-corrected chi connectivity index (χ2v) is 6.32. The van der Waals surface area contributed by atoms with Crippen molar-refractivity contribution >= 4 is 22.8 Å². The number of hydrogen-bond donors (Lipinski definition) is 1. The second-order valence-electron chi connectivity index (χ2n) is 6.32. The van der Waals surface area contributed by atoms with Gasteiger partial charge in [-0.05, 0) is 12.5 Å². The zero-order chi connectivity index (χ0) is 17.2. The summed E-state index contributed by atoms with van der Waals surface area (Å²) in [7, 11) is 1.90. The van der Waals surface area contributed by atoms with Crippen LogP contribution < -0.4 is 10.2 Å². The van der Waals surface area contributed by atoms with Crippen LogP contribution in [0.15, 0.2) is 30.5 Å². The molecule has 25 heavy (non-hydrogen) atoms. The first kappa shape index (κ1) is 15.8. The molecule has 3 heterocycles. The maximum absolute atomic E-state index is 5.43. The summed E-state index contributed by atoms with van der Waals surface area (Å²) in [6.07, 6.45) is 1.82. The van der Waals surface area contributed by atoms with Gasteiger partial charge in [-0.15, -0.1) is 0 Å². The summed E-state index contributed by atoms with van der Waals surface area (Å²) in [4.78, 5) is 11.6. The monoisotopic (exact) mass is 338 g/mol. The maximum Gasteiger partial charge on any atom is 0.229 e. The number of benzene rings is 1. The Labute approximate surface area is 146 Å². The maximum atomic E-state index is 5.43. The Morgan fingerprint density at radius 2 is 1.88 bits per heavy atom. The first-order valence-electron chi connectivity index (χ1n) is 8.52. The van der Waals surface area contributed by atoms with Crippen LogP contribution in [0.1, 0.15) is 11.1 Å². The van der Waals surface area contributed by atoms with Gasteiger partial charge in [-0.3, -0.25) is 4.68 Å². The fourth-order valence-electron chi connectivity index (χ4n) is 2.94. The number of anilines is 2. The van der Waals surface area contributed by atoms with Gasteiger partial charge in [0.25, 0.3) is 0 Å². The number of hydrogen-bond acceptors (Lipinski definition) is 6. The zero-order valence-electron chi connectivity index (χ0n) is 14.6. The van der Waals surface area contributed by atoms with E-state index in [2.05, 4.69) is 46.5 Å². The van der Waals surface area contributed by atoms with Crippen molar-refractivity contribution < 1.29 is 4.74 Å². The van der Waals surface area contributed by atoms with Crippen LogP contribution in [-0.4, -0.2) is 46.1 Å². The summed E-state index contributed by atoms with van der Waals surface area (Å²) in [6.45, 7) is 5.83. The van der Waals surface area contributed by atoms with E-state index in [1.807, 2.05) is 13.2 Å². The van der Waals surface area contributed by atoms with Gasteiger partial charge in [0.05, 0.1) is 24.8 Å². The molecule has 1 aliphatic heterocycles. The highest BCUT2D eigenvalue weighted by Crippen LogP contribution is 2.24. The number of nitrogens with one attached hydrogen (secondary N) is 1. The Hall–Kier alpha value is -2.67. The highest BCUT2D eigenvalue weighted by molar-refractivity contribution is 5.87. The summed E-state index contributed by atoms with van der Waals surface area (Å²) >= 11 is 0. The van der Waals surface area contributed by atoms with Crippen LogP contribution in [0.3, 0.4) is 0 Å². The van der Waals surface area contributed by atoms with Crippen molar-refractivity contribution in [2.45, 2.75) is 13.5 Å². The van der Waals surface area contributed by atoms with Gasteiger partial charge in [0.2, 0.25) is 5.95 Å². The molecule has 1 N–H and O–H groups in total. The number of rotatable bonds is 4. The highest BCUT2D eigenvalue weighted by atomic mass is 16.5. The van der Waals surface area contributed by atoms with Gasteiger partial charge in [-0.25, -0.2) is 0 Å². The van der Waals surface area contributed by atoms with E-state index in [-0.39, 0.29) is 0 Å². The number of ether oxygens (including phenoxy) is 1. The lowest BCUT2D eigenvalue weighted by Crippen LogP contribution is -2.37. The average molecular weight is 338 g/mol. The van der Waals surface area contributed by atoms with Crippen molar-refractivity contribution in [2.75, 3.05) is 36.5 Å². The zero-order valence-corrected chi connectivity index (χ0v) is 14.6. The van der Waals surface area contributed by atoms with Crippen LogP contribution in [0.5, 0.6) is 0 Å². The van der Waals surface area contributed by atoms with Crippen LogP contribution in [0.2, 0.25) is 0 Å². The number of morpholine rings is 1. The minimum Gasteiger partial charge on any atom is -0.378 e. The Kier molecular flexibility index (Phi) is 4.23. The number of aryl methyl sites for hydroxylation is 2. The summed E-state index contributed by atoms with van der Waals surface area (Å²) < 4.78 is 7.22. The Morgan fingerprint density at radius 3 is 2.64 bits per heavy atom. The second kappa shape index (κ2) is 6.68. The normalized spacial score (nSPS) is 14.9. The van der Waals surface area contributed by atoms with E-state index < -0.39 is 0 Å². The number of fused-ring (bicyclic) bond motifs is 1. The molecule has 0 spiro atoms. The van der Waals surface area contributed by atoms with Gasteiger partial charge in [-0.1, -0.05) is 29.8 Å². The SMILES string of the molecule is Cc1ccc(CNc2nc(N3CCOCC3)nc3c2cnn3C)cc1. The molecule has 0 amide bonds. The Morgan fingerprint density at radius 1 is 1.12 bits per heavy atom. The van der Waals surface area contributed by atoms with E-state index in [0.717, 1.165) is 35.9 Å². The van der Waals surface area contributed by atoms with Crippen LogP contribution in [-0.2, 0) is 18.3 Å². The molecule has 7 nitrogen and oxygen atoms in total. The Bertz CT molecular complexity index is 867. The van der Waals surface area contributed by atoms with Crippen molar-refractivity contribution in [1.29, 1.82) is 0 Å². The van der Waals surface area contributed by atoms with Crippen LogP contribution in [0.25, 0.3) is 11.0 Å². The molecule has 1 aliphatic rings. The van der Waals surface area contributed by atoms with Crippen molar-refractivity contribution in [3.63, 3.8) is 0 Å². The summed E-state index contributed by atoms with van der Waals surface area (Å²) in [5.41, 5.74) is 3.31. The Balaban J connectivity index is 1.64. The van der Waals surface area contributed by atoms with E-state index >= 15 is 0 Å². The summed E-state index contributed by atoms with van der Waals surface area (Å²) in [5.74, 6) is 1.55. The molecular weight excluding hydrogens is 316 g/mol. The molecule has 0 aliphatic carbocycles. The van der Waals surface area contributed by atoms with Gasteiger partial charge in [-0.2, -0.15) is 15.1 Å². The summed E-state index contributed by atoms with van der Waals surface area (Å²) in [5, 5.41) is 8.73. The molecule has 0 atom stereocenters. The van der Waals surface area contributed by atoms with Gasteiger partial charge in [0, 0.05) is 26.7 Å². The molecule has 130 valence electrons. The molecule has 4 rings (SSSR count). The third kappa shape index (κ3) is 3.28. The summed E-state index contributed by atoms with van der Waals surface area (Å²) in [6, 6.07) is 8.51. The topological polar surface area (TPSA) is 68.1 Å². The molecule has 1 fully saturated rings. The molecule has 2 aromatic heterocycles. The fraction of sp³-hybridized carbons (Fsp3) is 0.389. The van der Waals surface area contributed by atoms with Crippen molar-refractivity contribution in [2.24, 2.45) is 7.05 Å². The molecule has 0 unspecified atom stereocenters. The fourth-order valence-corrected chi connectivity index (χ4v) is 2.94.